The molecule has 7 nitrogen and oxygen atoms in total. The first-order chi connectivity index (χ1) is 10.1. The molecule has 1 unspecified atom stereocenters. The summed E-state index contributed by atoms with van der Waals surface area (Å²) < 4.78 is 4.86. The Kier molecular flexibility index (Phi) is 4.45. The van der Waals surface area contributed by atoms with E-state index in [4.69, 9.17) is 10.5 Å². The minimum absolute atomic E-state index is 0.00524. The second kappa shape index (κ2) is 6.47. The number of nitrogens with two attached hydrogens (primary N) is 1. The predicted molar refractivity (Wildman–Crippen MR) is 74.7 cm³/mol. The Labute approximate surface area is 120 Å². The van der Waals surface area contributed by atoms with Gasteiger partial charge in [-0.05, 0) is 17.7 Å². The molecule has 0 spiro atoms. The molecule has 0 aliphatic carbocycles. The average molecular weight is 287 g/mol. The van der Waals surface area contributed by atoms with Crippen molar-refractivity contribution in [2.75, 3.05) is 6.61 Å². The number of carbonyl (C=O) groups is 1. The van der Waals surface area contributed by atoms with Gasteiger partial charge in [-0.1, -0.05) is 18.2 Å². The van der Waals surface area contributed by atoms with E-state index in [1.165, 1.54) is 12.1 Å². The zero-order chi connectivity index (χ0) is 15.2. The van der Waals surface area contributed by atoms with Gasteiger partial charge in [-0.2, -0.15) is 0 Å². The average Bonchev–Trinajstić information content (AvgIpc) is 2.49. The highest BCUT2D eigenvalue weighted by Gasteiger charge is 2.18. The fourth-order valence-corrected chi connectivity index (χ4v) is 1.93. The molecule has 2 aromatic rings. The summed E-state index contributed by atoms with van der Waals surface area (Å²) in [4.78, 5) is 25.2. The van der Waals surface area contributed by atoms with Crippen LogP contribution in [0, 0.1) is 10.1 Å². The topological polar surface area (TPSA) is 108 Å². The van der Waals surface area contributed by atoms with Crippen LogP contribution >= 0.6 is 0 Å². The highest BCUT2D eigenvalue weighted by Crippen LogP contribution is 2.25. The van der Waals surface area contributed by atoms with Gasteiger partial charge in [0.1, 0.15) is 6.61 Å². The molecular formula is C14H13N3O4. The van der Waals surface area contributed by atoms with E-state index < -0.39 is 11.0 Å². The van der Waals surface area contributed by atoms with Crippen LogP contribution in [0.2, 0.25) is 0 Å². The summed E-state index contributed by atoms with van der Waals surface area (Å²) in [6, 6.07) is 11.4. The molecule has 0 aliphatic rings. The lowest BCUT2D eigenvalue weighted by molar-refractivity contribution is -0.384. The zero-order valence-electron chi connectivity index (χ0n) is 11.0. The quantitative estimate of drug-likeness (QED) is 0.670. The lowest BCUT2D eigenvalue weighted by atomic mass is 9.96. The van der Waals surface area contributed by atoms with Crippen LogP contribution in [0.15, 0.2) is 48.7 Å². The summed E-state index contributed by atoms with van der Waals surface area (Å²) in [6.07, 6.45) is 0.746. The lowest BCUT2D eigenvalue weighted by Gasteiger charge is -2.16. The van der Waals surface area contributed by atoms with Crippen molar-refractivity contribution in [3.63, 3.8) is 0 Å². The van der Waals surface area contributed by atoms with E-state index in [-0.39, 0.29) is 18.2 Å². The van der Waals surface area contributed by atoms with E-state index in [0.29, 0.717) is 5.69 Å². The van der Waals surface area contributed by atoms with Gasteiger partial charge in [0, 0.05) is 18.3 Å². The van der Waals surface area contributed by atoms with E-state index in [1.807, 2.05) is 6.07 Å². The molecule has 0 fully saturated rings. The molecule has 108 valence electrons. The molecule has 7 heteroatoms. The summed E-state index contributed by atoms with van der Waals surface area (Å²) in [7, 11) is 0. The van der Waals surface area contributed by atoms with E-state index in [1.54, 1.807) is 30.5 Å². The Morgan fingerprint density at radius 2 is 2.00 bits per heavy atom. The number of amides is 1. The summed E-state index contributed by atoms with van der Waals surface area (Å²) in [5, 5.41) is 10.7. The first kappa shape index (κ1) is 14.4. The number of hydrogen-bond donors (Lipinski definition) is 1. The molecule has 1 atom stereocenters. The Balaban J connectivity index is 2.30. The maximum atomic E-state index is 10.8. The van der Waals surface area contributed by atoms with Crippen LogP contribution in [-0.2, 0) is 4.74 Å². The molecule has 1 aromatic carbocycles. The van der Waals surface area contributed by atoms with Crippen molar-refractivity contribution in [1.29, 1.82) is 0 Å². The number of aromatic nitrogens is 1. The molecule has 2 N–H and O–H groups in total. The van der Waals surface area contributed by atoms with Crippen molar-refractivity contribution in [2.24, 2.45) is 5.73 Å². The van der Waals surface area contributed by atoms with E-state index in [0.717, 1.165) is 5.56 Å². The Morgan fingerprint density at radius 1 is 1.29 bits per heavy atom. The number of rotatable bonds is 5. The Hall–Kier alpha value is -2.96. The molecule has 0 aliphatic heterocycles. The monoisotopic (exact) mass is 287 g/mol. The van der Waals surface area contributed by atoms with Crippen LogP contribution in [0.25, 0.3) is 0 Å². The smallest absolute Gasteiger partial charge is 0.404 e. The zero-order valence-corrected chi connectivity index (χ0v) is 11.0. The largest absolute Gasteiger partial charge is 0.449 e. The van der Waals surface area contributed by atoms with Crippen LogP contribution in [-0.4, -0.2) is 22.6 Å². The van der Waals surface area contributed by atoms with Gasteiger partial charge >= 0.3 is 6.09 Å². The van der Waals surface area contributed by atoms with Gasteiger partial charge in [-0.15, -0.1) is 0 Å². The molecule has 21 heavy (non-hydrogen) atoms. The van der Waals surface area contributed by atoms with Gasteiger partial charge in [-0.25, -0.2) is 4.79 Å². The summed E-state index contributed by atoms with van der Waals surface area (Å²) in [5.74, 6) is -0.334. The molecule has 0 saturated carbocycles. The number of nitro groups is 1. The first-order valence-electron chi connectivity index (χ1n) is 6.15. The number of nitro benzene ring substituents is 1. The van der Waals surface area contributed by atoms with Crippen LogP contribution in [0.4, 0.5) is 10.5 Å². The minimum atomic E-state index is -0.877. The standard InChI is InChI=1S/C14H13N3O4/c15-14(18)21-9-12(13-3-1-2-8-16-13)10-4-6-11(7-5-10)17(19)20/h1-8,12H,9H2,(H2,15,18). The van der Waals surface area contributed by atoms with Crippen molar-refractivity contribution in [3.8, 4) is 0 Å². The van der Waals surface area contributed by atoms with Crippen LogP contribution < -0.4 is 5.73 Å². The van der Waals surface area contributed by atoms with Crippen molar-refractivity contribution in [1.82, 2.24) is 4.98 Å². The van der Waals surface area contributed by atoms with Crippen LogP contribution in [0.5, 0.6) is 0 Å². The fourth-order valence-electron chi connectivity index (χ4n) is 1.93. The van der Waals surface area contributed by atoms with E-state index >= 15 is 0 Å². The second-order valence-electron chi connectivity index (χ2n) is 4.29. The lowest BCUT2D eigenvalue weighted by Crippen LogP contribution is -2.19. The normalized spacial score (nSPS) is 11.6. The van der Waals surface area contributed by atoms with Crippen molar-refractivity contribution in [2.45, 2.75) is 5.92 Å². The summed E-state index contributed by atoms with van der Waals surface area (Å²) >= 11 is 0. The second-order valence-corrected chi connectivity index (χ2v) is 4.29. The highest BCUT2D eigenvalue weighted by atomic mass is 16.6. The molecule has 0 saturated heterocycles. The highest BCUT2D eigenvalue weighted by molar-refractivity contribution is 5.64. The number of primary amides is 1. The molecular weight excluding hydrogens is 274 g/mol. The predicted octanol–water partition coefficient (Wildman–Crippen LogP) is 2.22. The van der Waals surface area contributed by atoms with Gasteiger partial charge in [-0.3, -0.25) is 15.1 Å². The molecule has 0 bridgehead atoms. The first-order valence-corrected chi connectivity index (χ1v) is 6.15. The van der Waals surface area contributed by atoms with Gasteiger partial charge in [0.15, 0.2) is 0 Å². The van der Waals surface area contributed by atoms with Gasteiger partial charge in [0.2, 0.25) is 0 Å². The molecule has 1 heterocycles. The summed E-state index contributed by atoms with van der Waals surface area (Å²) in [5.41, 5.74) is 6.42. The Bertz CT molecular complexity index is 628. The van der Waals surface area contributed by atoms with Crippen LogP contribution in [0.3, 0.4) is 0 Å². The summed E-state index contributed by atoms with van der Waals surface area (Å²) in [6.45, 7) is 0.0180. The Morgan fingerprint density at radius 3 is 2.52 bits per heavy atom. The molecule has 0 radical (unpaired) electrons. The molecule has 1 amide bonds. The third-order valence-corrected chi connectivity index (χ3v) is 2.94. The van der Waals surface area contributed by atoms with Crippen molar-refractivity contribution in [3.05, 3.63) is 70.0 Å². The number of hydrogen-bond acceptors (Lipinski definition) is 5. The van der Waals surface area contributed by atoms with Gasteiger partial charge in [0.25, 0.3) is 5.69 Å². The number of non-ortho nitro benzene ring substituents is 1. The van der Waals surface area contributed by atoms with Gasteiger partial charge in [0.05, 0.1) is 16.5 Å². The third-order valence-electron chi connectivity index (χ3n) is 2.94. The SMILES string of the molecule is NC(=O)OCC(c1ccc([N+](=O)[O-])cc1)c1ccccn1. The van der Waals surface area contributed by atoms with Gasteiger partial charge < -0.3 is 10.5 Å². The molecule has 1 aromatic heterocycles. The minimum Gasteiger partial charge on any atom is -0.449 e. The molecule has 2 rings (SSSR count). The maximum absolute atomic E-state index is 10.8. The number of carbonyl (C=O) groups excluding carboxylic acids is 1. The van der Waals surface area contributed by atoms with Crippen molar-refractivity contribution >= 4 is 11.8 Å². The number of benzene rings is 1. The van der Waals surface area contributed by atoms with E-state index in [9.17, 15) is 14.9 Å². The fraction of sp³-hybridized carbons (Fsp3) is 0.143. The number of ether oxygens (including phenoxy) is 1. The number of nitrogens with zero attached hydrogens (tertiary/aromatic N) is 2. The third kappa shape index (κ3) is 3.75. The van der Waals surface area contributed by atoms with Crippen LogP contribution in [0.1, 0.15) is 17.2 Å². The number of pyridine rings is 1. The maximum Gasteiger partial charge on any atom is 0.404 e. The van der Waals surface area contributed by atoms with E-state index in [2.05, 4.69) is 4.98 Å². The van der Waals surface area contributed by atoms with Crippen molar-refractivity contribution < 1.29 is 14.5 Å².